The lowest BCUT2D eigenvalue weighted by Gasteiger charge is -2.24. The van der Waals surface area contributed by atoms with Crippen LogP contribution in [0.4, 0.5) is 0 Å². The minimum Gasteiger partial charge on any atom is -0.494 e. The summed E-state index contributed by atoms with van der Waals surface area (Å²) < 4.78 is 10.2. The molecule has 4 heteroatoms. The van der Waals surface area contributed by atoms with Gasteiger partial charge in [0.05, 0.1) is 0 Å². The second kappa shape index (κ2) is 4.16. The van der Waals surface area contributed by atoms with Crippen LogP contribution < -0.4 is 0 Å². The molecule has 74 valence electrons. The van der Waals surface area contributed by atoms with E-state index in [1.165, 1.54) is 6.26 Å². The smallest absolute Gasteiger partial charge is 0.292 e. The molecule has 0 fully saturated rings. The van der Waals surface area contributed by atoms with E-state index in [9.17, 15) is 4.79 Å². The zero-order valence-corrected chi connectivity index (χ0v) is 8.24. The molecule has 0 aliphatic carbocycles. The van der Waals surface area contributed by atoms with Crippen LogP contribution in [0.25, 0.3) is 0 Å². The first-order valence-electron chi connectivity index (χ1n) is 4.34. The van der Waals surface area contributed by atoms with Gasteiger partial charge in [-0.15, -0.1) is 0 Å². The third-order valence-electron chi connectivity index (χ3n) is 1.95. The van der Waals surface area contributed by atoms with E-state index in [1.54, 1.807) is 11.9 Å². The molecule has 0 bridgehead atoms. The number of hydrogen-bond donors (Lipinski definition) is 0. The van der Waals surface area contributed by atoms with E-state index in [0.717, 1.165) is 0 Å². The zero-order chi connectivity index (χ0) is 9.84. The standard InChI is InChI=1S/C9H15NO3/c1-7(2)10(3)9(11)8-6-12-4-5-13-8/h6-7H,4-5H2,1-3H3. The molecular weight excluding hydrogens is 170 g/mol. The minimum atomic E-state index is -0.130. The third-order valence-corrected chi connectivity index (χ3v) is 1.95. The molecule has 1 rings (SSSR count). The Morgan fingerprint density at radius 2 is 2.23 bits per heavy atom. The normalized spacial score (nSPS) is 15.8. The van der Waals surface area contributed by atoms with Crippen molar-refractivity contribution in [3.8, 4) is 0 Å². The Hall–Kier alpha value is -1.19. The first kappa shape index (κ1) is 9.89. The highest BCUT2D eigenvalue weighted by atomic mass is 16.6. The Labute approximate surface area is 78.1 Å². The van der Waals surface area contributed by atoms with Gasteiger partial charge in [0.15, 0.2) is 0 Å². The molecule has 1 amide bonds. The molecule has 0 radical (unpaired) electrons. The lowest BCUT2D eigenvalue weighted by molar-refractivity contribution is -0.132. The molecule has 0 spiro atoms. The molecule has 0 aromatic rings. The van der Waals surface area contributed by atoms with Crippen molar-refractivity contribution in [3.05, 3.63) is 12.0 Å². The summed E-state index contributed by atoms with van der Waals surface area (Å²) in [5, 5.41) is 0. The van der Waals surface area contributed by atoms with Crippen molar-refractivity contribution < 1.29 is 14.3 Å². The van der Waals surface area contributed by atoms with E-state index in [4.69, 9.17) is 9.47 Å². The van der Waals surface area contributed by atoms with E-state index in [2.05, 4.69) is 0 Å². The van der Waals surface area contributed by atoms with Crippen LogP contribution in [-0.4, -0.2) is 37.1 Å². The van der Waals surface area contributed by atoms with Gasteiger partial charge >= 0.3 is 0 Å². The Balaban J connectivity index is 2.60. The van der Waals surface area contributed by atoms with Crippen LogP contribution >= 0.6 is 0 Å². The second-order valence-corrected chi connectivity index (χ2v) is 3.21. The second-order valence-electron chi connectivity index (χ2n) is 3.21. The molecule has 1 heterocycles. The van der Waals surface area contributed by atoms with Crippen LogP contribution in [0.2, 0.25) is 0 Å². The lowest BCUT2D eigenvalue weighted by atomic mass is 10.3. The average molecular weight is 185 g/mol. The van der Waals surface area contributed by atoms with Crippen molar-refractivity contribution >= 4 is 5.91 Å². The lowest BCUT2D eigenvalue weighted by Crippen LogP contribution is -2.35. The van der Waals surface area contributed by atoms with Gasteiger partial charge in [0.25, 0.3) is 5.91 Å². The predicted octanol–water partition coefficient (Wildman–Crippen LogP) is 0.741. The fourth-order valence-corrected chi connectivity index (χ4v) is 0.889. The highest BCUT2D eigenvalue weighted by molar-refractivity contribution is 5.91. The van der Waals surface area contributed by atoms with Crippen LogP contribution in [0, 0.1) is 0 Å². The van der Waals surface area contributed by atoms with E-state index < -0.39 is 0 Å². The van der Waals surface area contributed by atoms with Crippen molar-refractivity contribution in [3.63, 3.8) is 0 Å². The van der Waals surface area contributed by atoms with Crippen molar-refractivity contribution in [2.75, 3.05) is 20.3 Å². The number of carbonyl (C=O) groups excluding carboxylic acids is 1. The molecule has 0 N–H and O–H groups in total. The molecule has 1 aliphatic heterocycles. The summed E-state index contributed by atoms with van der Waals surface area (Å²) in [5.74, 6) is 0.164. The summed E-state index contributed by atoms with van der Waals surface area (Å²) in [4.78, 5) is 13.2. The summed E-state index contributed by atoms with van der Waals surface area (Å²) in [6.07, 6.45) is 1.38. The highest BCUT2D eigenvalue weighted by Gasteiger charge is 2.20. The quantitative estimate of drug-likeness (QED) is 0.637. The molecular formula is C9H15NO3. The summed E-state index contributed by atoms with van der Waals surface area (Å²) in [6.45, 7) is 4.86. The van der Waals surface area contributed by atoms with Crippen LogP contribution in [0.3, 0.4) is 0 Å². The number of rotatable bonds is 2. The van der Waals surface area contributed by atoms with Gasteiger partial charge in [-0.1, -0.05) is 0 Å². The summed E-state index contributed by atoms with van der Waals surface area (Å²) in [6, 6.07) is 0.166. The summed E-state index contributed by atoms with van der Waals surface area (Å²) in [5.41, 5.74) is 0. The predicted molar refractivity (Wildman–Crippen MR) is 47.9 cm³/mol. The van der Waals surface area contributed by atoms with E-state index in [1.807, 2.05) is 13.8 Å². The van der Waals surface area contributed by atoms with Crippen molar-refractivity contribution in [2.45, 2.75) is 19.9 Å². The van der Waals surface area contributed by atoms with Crippen LogP contribution in [-0.2, 0) is 14.3 Å². The Kier molecular flexibility index (Phi) is 3.17. The van der Waals surface area contributed by atoms with Crippen LogP contribution in [0.1, 0.15) is 13.8 Å². The van der Waals surface area contributed by atoms with E-state index >= 15 is 0 Å². The Morgan fingerprint density at radius 1 is 1.54 bits per heavy atom. The average Bonchev–Trinajstić information content (AvgIpc) is 2.17. The van der Waals surface area contributed by atoms with Gasteiger partial charge in [-0.3, -0.25) is 4.79 Å². The van der Waals surface area contributed by atoms with Gasteiger partial charge in [0.1, 0.15) is 19.5 Å². The van der Waals surface area contributed by atoms with E-state index in [0.29, 0.717) is 19.0 Å². The fourth-order valence-electron chi connectivity index (χ4n) is 0.889. The van der Waals surface area contributed by atoms with Gasteiger partial charge < -0.3 is 14.4 Å². The van der Waals surface area contributed by atoms with Crippen LogP contribution in [0.15, 0.2) is 12.0 Å². The minimum absolute atomic E-state index is 0.130. The Bertz CT molecular complexity index is 223. The third kappa shape index (κ3) is 2.37. The zero-order valence-electron chi connectivity index (χ0n) is 8.24. The molecule has 1 aliphatic rings. The number of amides is 1. The topological polar surface area (TPSA) is 38.8 Å². The number of ether oxygens (including phenoxy) is 2. The van der Waals surface area contributed by atoms with E-state index in [-0.39, 0.29) is 11.9 Å². The van der Waals surface area contributed by atoms with Crippen molar-refractivity contribution in [2.24, 2.45) is 0 Å². The molecule has 0 unspecified atom stereocenters. The fraction of sp³-hybridized carbons (Fsp3) is 0.667. The maximum atomic E-state index is 11.6. The monoisotopic (exact) mass is 185 g/mol. The summed E-state index contributed by atoms with van der Waals surface area (Å²) >= 11 is 0. The maximum Gasteiger partial charge on any atom is 0.292 e. The van der Waals surface area contributed by atoms with Crippen molar-refractivity contribution in [1.82, 2.24) is 4.90 Å². The first-order valence-corrected chi connectivity index (χ1v) is 4.34. The van der Waals surface area contributed by atoms with Crippen molar-refractivity contribution in [1.29, 1.82) is 0 Å². The summed E-state index contributed by atoms with van der Waals surface area (Å²) in [7, 11) is 1.74. The number of hydrogen-bond acceptors (Lipinski definition) is 3. The number of nitrogens with zero attached hydrogens (tertiary/aromatic N) is 1. The van der Waals surface area contributed by atoms with Gasteiger partial charge in [0, 0.05) is 13.1 Å². The molecule has 0 aromatic heterocycles. The number of likely N-dealkylation sites (N-methyl/N-ethyl adjacent to an activating group) is 1. The van der Waals surface area contributed by atoms with Gasteiger partial charge in [-0.2, -0.15) is 0 Å². The molecule has 0 aromatic carbocycles. The molecule has 0 atom stereocenters. The van der Waals surface area contributed by atoms with Gasteiger partial charge in [-0.05, 0) is 13.8 Å². The SMILES string of the molecule is CC(C)N(C)C(=O)C1=COCCO1. The maximum absolute atomic E-state index is 11.6. The Morgan fingerprint density at radius 3 is 2.69 bits per heavy atom. The van der Waals surface area contributed by atoms with Crippen LogP contribution in [0.5, 0.6) is 0 Å². The molecule has 0 saturated heterocycles. The first-order chi connectivity index (χ1) is 6.13. The molecule has 13 heavy (non-hydrogen) atoms. The largest absolute Gasteiger partial charge is 0.494 e. The van der Waals surface area contributed by atoms with Gasteiger partial charge in [-0.25, -0.2) is 0 Å². The molecule has 4 nitrogen and oxygen atoms in total. The number of carbonyl (C=O) groups is 1. The van der Waals surface area contributed by atoms with Gasteiger partial charge in [0.2, 0.25) is 5.76 Å². The highest BCUT2D eigenvalue weighted by Crippen LogP contribution is 2.09. The molecule has 0 saturated carbocycles.